The number of aliphatic hydroxyl groups is 1. The summed E-state index contributed by atoms with van der Waals surface area (Å²) in [4.78, 5) is 2.06. The van der Waals surface area contributed by atoms with Crippen LogP contribution in [0.15, 0.2) is 0 Å². The number of rotatable bonds is 4. The number of piperidine rings is 1. The van der Waals surface area contributed by atoms with Crippen molar-refractivity contribution in [2.24, 2.45) is 13.0 Å². The first-order valence-electron chi connectivity index (χ1n) is 7.55. The summed E-state index contributed by atoms with van der Waals surface area (Å²) in [6.07, 6.45) is -6.05. The topological polar surface area (TPSA) is 54.2 Å². The van der Waals surface area contributed by atoms with Crippen LogP contribution in [0.5, 0.6) is 0 Å². The molecular weight excluding hydrogens is 297 g/mol. The van der Waals surface area contributed by atoms with Crippen molar-refractivity contribution in [1.29, 1.82) is 0 Å². The summed E-state index contributed by atoms with van der Waals surface area (Å²) in [5, 5.41) is 17.6. The van der Waals surface area contributed by atoms with Crippen molar-refractivity contribution in [3.63, 3.8) is 0 Å². The summed E-state index contributed by atoms with van der Waals surface area (Å²) in [6, 6.07) is 0. The third-order valence-electron chi connectivity index (χ3n) is 4.29. The molecule has 2 rings (SSSR count). The van der Waals surface area contributed by atoms with Gasteiger partial charge in [0.2, 0.25) is 0 Å². The largest absolute Gasteiger partial charge is 0.414 e. The van der Waals surface area contributed by atoms with Gasteiger partial charge in [-0.25, -0.2) is 0 Å². The minimum absolute atomic E-state index is 0.277. The smallest absolute Gasteiger partial charge is 0.383 e. The number of nitrogens with zero attached hydrogens (tertiary/aromatic N) is 4. The quantitative estimate of drug-likeness (QED) is 0.923. The second-order valence-electron chi connectivity index (χ2n) is 6.29. The maximum atomic E-state index is 12.5. The molecule has 22 heavy (non-hydrogen) atoms. The van der Waals surface area contributed by atoms with Gasteiger partial charge in [-0.15, -0.1) is 10.2 Å². The van der Waals surface area contributed by atoms with Crippen LogP contribution in [0.2, 0.25) is 0 Å². The molecule has 5 nitrogen and oxygen atoms in total. The number of hydrogen-bond acceptors (Lipinski definition) is 4. The molecule has 1 aliphatic heterocycles. The molecule has 1 N–H and O–H groups in total. The van der Waals surface area contributed by atoms with E-state index in [4.69, 9.17) is 0 Å². The Kier molecular flexibility index (Phi) is 5.11. The molecule has 0 spiro atoms. The number of hydrogen-bond donors (Lipinski definition) is 1. The monoisotopic (exact) mass is 320 g/mol. The predicted molar refractivity (Wildman–Crippen MR) is 75.2 cm³/mol. The molecule has 1 aromatic rings. The van der Waals surface area contributed by atoms with Gasteiger partial charge in [-0.05, 0) is 31.8 Å². The van der Waals surface area contributed by atoms with E-state index >= 15 is 0 Å². The Hall–Kier alpha value is -1.15. The number of alkyl halides is 3. The van der Waals surface area contributed by atoms with E-state index in [1.54, 1.807) is 0 Å². The second kappa shape index (κ2) is 6.54. The Morgan fingerprint density at radius 2 is 1.82 bits per heavy atom. The third kappa shape index (κ3) is 3.78. The highest BCUT2D eigenvalue weighted by atomic mass is 19.4. The second-order valence-corrected chi connectivity index (χ2v) is 6.29. The molecule has 1 fully saturated rings. The first-order chi connectivity index (χ1) is 10.2. The molecule has 126 valence electrons. The molecule has 0 radical (unpaired) electrons. The fourth-order valence-corrected chi connectivity index (χ4v) is 2.91. The van der Waals surface area contributed by atoms with Crippen molar-refractivity contribution in [3.8, 4) is 0 Å². The van der Waals surface area contributed by atoms with Crippen LogP contribution in [-0.2, 0) is 13.6 Å². The highest BCUT2D eigenvalue weighted by Crippen LogP contribution is 2.31. The van der Waals surface area contributed by atoms with E-state index in [9.17, 15) is 18.3 Å². The Morgan fingerprint density at radius 3 is 2.27 bits per heavy atom. The fourth-order valence-electron chi connectivity index (χ4n) is 2.91. The summed E-state index contributed by atoms with van der Waals surface area (Å²) in [6.45, 7) is 5.71. The van der Waals surface area contributed by atoms with Crippen LogP contribution in [0, 0.1) is 5.92 Å². The first-order valence-corrected chi connectivity index (χ1v) is 7.55. The van der Waals surface area contributed by atoms with E-state index in [0.717, 1.165) is 11.6 Å². The summed E-state index contributed by atoms with van der Waals surface area (Å²) >= 11 is 0. The molecule has 0 amide bonds. The molecular formula is C14H23F3N4O. The molecule has 0 aliphatic carbocycles. The zero-order valence-corrected chi connectivity index (χ0v) is 13.1. The fraction of sp³-hybridized carbons (Fsp3) is 0.857. The van der Waals surface area contributed by atoms with E-state index in [1.807, 2.05) is 25.5 Å². The third-order valence-corrected chi connectivity index (χ3v) is 4.29. The van der Waals surface area contributed by atoms with Crippen molar-refractivity contribution in [1.82, 2.24) is 19.7 Å². The lowest BCUT2D eigenvalue weighted by atomic mass is 9.91. The molecule has 1 aliphatic rings. The van der Waals surface area contributed by atoms with Crippen molar-refractivity contribution in [2.75, 3.05) is 13.1 Å². The Bertz CT molecular complexity index is 493. The van der Waals surface area contributed by atoms with Gasteiger partial charge in [-0.2, -0.15) is 13.2 Å². The highest BCUT2D eigenvalue weighted by Gasteiger charge is 2.44. The average molecular weight is 320 g/mol. The first kappa shape index (κ1) is 17.2. The lowest BCUT2D eigenvalue weighted by Crippen LogP contribution is -2.43. The van der Waals surface area contributed by atoms with Gasteiger partial charge in [0.05, 0.1) is 6.54 Å². The SMILES string of the molecule is CC(C)c1nnc(CN2CCC(C(O)C(F)(F)F)CC2)n1C. The molecule has 8 heteroatoms. The van der Waals surface area contributed by atoms with E-state index in [1.165, 1.54) is 0 Å². The van der Waals surface area contributed by atoms with Gasteiger partial charge in [0.15, 0.2) is 6.10 Å². The van der Waals surface area contributed by atoms with Crippen LogP contribution in [0.3, 0.4) is 0 Å². The average Bonchev–Trinajstić information content (AvgIpc) is 2.79. The highest BCUT2D eigenvalue weighted by molar-refractivity contribution is 4.99. The minimum atomic E-state index is -4.53. The van der Waals surface area contributed by atoms with E-state index < -0.39 is 18.2 Å². The number of aromatic nitrogens is 3. The lowest BCUT2D eigenvalue weighted by molar-refractivity contribution is -0.223. The van der Waals surface area contributed by atoms with Crippen molar-refractivity contribution in [2.45, 2.75) is 51.4 Å². The van der Waals surface area contributed by atoms with Crippen LogP contribution in [0.25, 0.3) is 0 Å². The lowest BCUT2D eigenvalue weighted by Gasteiger charge is -2.34. The van der Waals surface area contributed by atoms with Crippen molar-refractivity contribution >= 4 is 0 Å². The van der Waals surface area contributed by atoms with Crippen LogP contribution >= 0.6 is 0 Å². The molecule has 0 aromatic carbocycles. The number of likely N-dealkylation sites (tertiary alicyclic amines) is 1. The molecule has 1 saturated heterocycles. The Morgan fingerprint density at radius 1 is 1.23 bits per heavy atom. The van der Waals surface area contributed by atoms with Gasteiger partial charge in [-0.3, -0.25) is 4.90 Å². The van der Waals surface area contributed by atoms with Gasteiger partial charge in [0.1, 0.15) is 11.6 Å². The summed E-state index contributed by atoms with van der Waals surface area (Å²) < 4.78 is 39.5. The van der Waals surface area contributed by atoms with Crippen LogP contribution in [0.4, 0.5) is 13.2 Å². The standard InChI is InChI=1S/C14H23F3N4O/c1-9(2)13-19-18-11(20(13)3)8-21-6-4-10(5-7-21)12(22)14(15,16)17/h9-10,12,22H,4-8H2,1-3H3. The molecule has 0 saturated carbocycles. The van der Waals surface area contributed by atoms with Gasteiger partial charge in [-0.1, -0.05) is 13.8 Å². The van der Waals surface area contributed by atoms with Crippen LogP contribution in [0.1, 0.15) is 44.3 Å². The summed E-state index contributed by atoms with van der Waals surface area (Å²) in [7, 11) is 1.91. The Labute approximate surface area is 128 Å². The number of halogens is 3. The van der Waals surface area contributed by atoms with Crippen molar-refractivity contribution in [3.05, 3.63) is 11.6 Å². The van der Waals surface area contributed by atoms with Gasteiger partial charge in [0, 0.05) is 13.0 Å². The Balaban J connectivity index is 1.90. The summed E-state index contributed by atoms with van der Waals surface area (Å²) in [5.41, 5.74) is 0. The predicted octanol–water partition coefficient (Wildman–Crippen LogP) is 2.07. The van der Waals surface area contributed by atoms with Gasteiger partial charge in [0.25, 0.3) is 0 Å². The molecule has 2 heterocycles. The van der Waals surface area contributed by atoms with Crippen LogP contribution in [-0.4, -0.2) is 50.1 Å². The number of aliphatic hydroxyl groups excluding tert-OH is 1. The van der Waals surface area contributed by atoms with Gasteiger partial charge < -0.3 is 9.67 Å². The maximum Gasteiger partial charge on any atom is 0.414 e. The maximum absolute atomic E-state index is 12.5. The normalized spacial score (nSPS) is 19.8. The zero-order valence-electron chi connectivity index (χ0n) is 13.1. The van der Waals surface area contributed by atoms with Crippen molar-refractivity contribution < 1.29 is 18.3 Å². The molecule has 1 unspecified atom stereocenters. The molecule has 0 bridgehead atoms. The zero-order chi connectivity index (χ0) is 16.5. The van der Waals surface area contributed by atoms with Gasteiger partial charge >= 0.3 is 6.18 Å². The van der Waals surface area contributed by atoms with E-state index in [2.05, 4.69) is 15.1 Å². The minimum Gasteiger partial charge on any atom is -0.383 e. The molecule has 1 aromatic heterocycles. The van der Waals surface area contributed by atoms with Crippen LogP contribution < -0.4 is 0 Å². The molecule has 1 atom stereocenters. The summed E-state index contributed by atoms with van der Waals surface area (Å²) in [5.74, 6) is 1.29. The van der Waals surface area contributed by atoms with E-state index in [0.29, 0.717) is 32.5 Å². The van der Waals surface area contributed by atoms with E-state index in [-0.39, 0.29) is 5.92 Å².